The summed E-state index contributed by atoms with van der Waals surface area (Å²) in [5.41, 5.74) is 1.53. The number of piperazine rings is 1. The van der Waals surface area contributed by atoms with Crippen molar-refractivity contribution in [1.29, 1.82) is 0 Å². The van der Waals surface area contributed by atoms with E-state index in [1.165, 1.54) is 16.7 Å². The Labute approximate surface area is 174 Å². The first kappa shape index (κ1) is 20.6. The van der Waals surface area contributed by atoms with E-state index < -0.39 is 0 Å². The molecule has 0 bridgehead atoms. The maximum atomic E-state index is 12.8. The molecule has 1 aliphatic heterocycles. The van der Waals surface area contributed by atoms with Crippen molar-refractivity contribution >= 4 is 39.9 Å². The molecule has 2 aromatic rings. The maximum Gasteiger partial charge on any atom is 0.295 e. The van der Waals surface area contributed by atoms with Gasteiger partial charge in [0, 0.05) is 7.05 Å². The highest BCUT2D eigenvalue weighted by atomic mass is 32.2. The molecule has 28 heavy (non-hydrogen) atoms. The van der Waals surface area contributed by atoms with Crippen LogP contribution in [0.2, 0.25) is 0 Å². The summed E-state index contributed by atoms with van der Waals surface area (Å²) in [6.07, 6.45) is 0. The number of para-hydroxylation sites is 1. The summed E-state index contributed by atoms with van der Waals surface area (Å²) < 4.78 is 4.04. The number of carbonyl (C=O) groups excluding carboxylic acids is 1. The number of benzene rings is 1. The first-order valence-electron chi connectivity index (χ1n) is 9.25. The number of thiocarbonyl (C=S) groups is 1. The van der Waals surface area contributed by atoms with Gasteiger partial charge in [-0.05, 0) is 19.1 Å². The minimum Gasteiger partial charge on any atom is -0.346 e. The van der Waals surface area contributed by atoms with E-state index in [2.05, 4.69) is 17.3 Å². The molecule has 0 unspecified atom stereocenters. The fourth-order valence-electron chi connectivity index (χ4n) is 3.18. The van der Waals surface area contributed by atoms with Gasteiger partial charge in [0.1, 0.15) is 10.0 Å². The minimum absolute atomic E-state index is 0.192. The quantitative estimate of drug-likeness (QED) is 0.696. The van der Waals surface area contributed by atoms with E-state index in [0.29, 0.717) is 11.4 Å². The fraction of sp³-hybridized carbons (Fsp3) is 0.421. The van der Waals surface area contributed by atoms with Crippen molar-refractivity contribution in [2.24, 2.45) is 7.05 Å². The number of thioether (sulfide) groups is 1. The molecule has 0 atom stereocenters. The van der Waals surface area contributed by atoms with Gasteiger partial charge in [0.25, 0.3) is 5.56 Å². The Kier molecular flexibility index (Phi) is 6.58. The van der Waals surface area contributed by atoms with Gasteiger partial charge < -0.3 is 15.1 Å². The Bertz CT molecular complexity index is 914. The van der Waals surface area contributed by atoms with Gasteiger partial charge >= 0.3 is 0 Å². The zero-order chi connectivity index (χ0) is 20.3. The predicted molar refractivity (Wildman–Crippen MR) is 118 cm³/mol. The molecule has 1 aromatic carbocycles. The summed E-state index contributed by atoms with van der Waals surface area (Å²) in [4.78, 5) is 28.9. The van der Waals surface area contributed by atoms with Crippen LogP contribution in [0.4, 0.5) is 5.69 Å². The molecule has 0 radical (unpaired) electrons. The summed E-state index contributed by atoms with van der Waals surface area (Å²) in [7, 11) is 3.98. The van der Waals surface area contributed by atoms with E-state index in [1.807, 2.05) is 37.3 Å². The van der Waals surface area contributed by atoms with Crippen LogP contribution in [0.1, 0.15) is 5.69 Å². The maximum absolute atomic E-state index is 12.8. The van der Waals surface area contributed by atoms with Crippen molar-refractivity contribution in [3.63, 3.8) is 0 Å². The second-order valence-electron chi connectivity index (χ2n) is 6.98. The van der Waals surface area contributed by atoms with Crippen molar-refractivity contribution in [1.82, 2.24) is 14.3 Å². The number of hydrogen-bond acceptors (Lipinski definition) is 4. The molecule has 2 heterocycles. The lowest BCUT2D eigenvalue weighted by Crippen LogP contribution is -3.12. The smallest absolute Gasteiger partial charge is 0.295 e. The van der Waals surface area contributed by atoms with Gasteiger partial charge in [0.2, 0.25) is 5.91 Å². The third-order valence-corrected chi connectivity index (χ3v) is 6.54. The highest BCUT2D eigenvalue weighted by Crippen LogP contribution is 2.15. The Morgan fingerprint density at radius 1 is 1.25 bits per heavy atom. The molecule has 3 rings (SSSR count). The Morgan fingerprint density at radius 2 is 1.89 bits per heavy atom. The van der Waals surface area contributed by atoms with Gasteiger partial charge in [-0.1, -0.05) is 42.2 Å². The van der Waals surface area contributed by atoms with Crippen LogP contribution >= 0.6 is 24.0 Å². The molecule has 9 heteroatoms. The van der Waals surface area contributed by atoms with Crippen LogP contribution in [0.25, 0.3) is 5.69 Å². The first-order valence-corrected chi connectivity index (χ1v) is 10.6. The van der Waals surface area contributed by atoms with Crippen LogP contribution in [0.3, 0.4) is 0 Å². The number of nitrogens with zero attached hydrogens (tertiary/aromatic N) is 3. The molecule has 0 saturated carbocycles. The topological polar surface area (TPSA) is 63.7 Å². The molecule has 1 saturated heterocycles. The average Bonchev–Trinajstić information content (AvgIpc) is 2.90. The number of quaternary nitrogens is 1. The van der Waals surface area contributed by atoms with Crippen LogP contribution in [0, 0.1) is 6.92 Å². The molecule has 1 fully saturated rings. The Hall–Kier alpha value is -2.10. The normalized spacial score (nSPS) is 14.9. The van der Waals surface area contributed by atoms with E-state index in [9.17, 15) is 9.59 Å². The summed E-state index contributed by atoms with van der Waals surface area (Å²) in [5.74, 6) is -0.0324. The van der Waals surface area contributed by atoms with Gasteiger partial charge in [-0.25, -0.2) is 4.68 Å². The Morgan fingerprint density at radius 3 is 2.54 bits per heavy atom. The van der Waals surface area contributed by atoms with Crippen LogP contribution in [0.5, 0.6) is 0 Å². The lowest BCUT2D eigenvalue weighted by atomic mass is 10.3. The van der Waals surface area contributed by atoms with Gasteiger partial charge in [0.05, 0.1) is 50.4 Å². The van der Waals surface area contributed by atoms with Crippen LogP contribution < -0.4 is 15.8 Å². The van der Waals surface area contributed by atoms with E-state index >= 15 is 0 Å². The van der Waals surface area contributed by atoms with E-state index in [0.717, 1.165) is 36.2 Å². The first-order chi connectivity index (χ1) is 13.4. The van der Waals surface area contributed by atoms with Crippen molar-refractivity contribution in [3.05, 3.63) is 46.4 Å². The summed E-state index contributed by atoms with van der Waals surface area (Å²) in [5, 5.41) is 2.78. The number of hydrogen-bond donors (Lipinski definition) is 2. The van der Waals surface area contributed by atoms with E-state index in [4.69, 9.17) is 12.2 Å². The number of likely N-dealkylation sites (N-methyl/N-ethyl adjacent to an activating group) is 1. The highest BCUT2D eigenvalue weighted by Gasteiger charge is 2.21. The third kappa shape index (κ3) is 4.48. The highest BCUT2D eigenvalue weighted by molar-refractivity contribution is 8.23. The zero-order valence-corrected chi connectivity index (χ0v) is 18.0. The molecule has 1 aromatic heterocycles. The molecule has 0 spiro atoms. The second-order valence-corrected chi connectivity index (χ2v) is 8.59. The van der Waals surface area contributed by atoms with Crippen molar-refractivity contribution < 1.29 is 9.69 Å². The van der Waals surface area contributed by atoms with Gasteiger partial charge in [-0.3, -0.25) is 14.3 Å². The number of anilines is 1. The summed E-state index contributed by atoms with van der Waals surface area (Å²) in [6.45, 7) is 5.75. The summed E-state index contributed by atoms with van der Waals surface area (Å²) >= 11 is 6.82. The molecule has 7 nitrogen and oxygen atoms in total. The molecule has 150 valence electrons. The fourth-order valence-corrected chi connectivity index (χ4v) is 4.23. The average molecular weight is 421 g/mol. The number of rotatable bonds is 4. The SMILES string of the molecule is Cc1c(NC(=O)CSC(=S)N2CC[NH+](C)CC2)c(=O)n(-c2ccccc2)n1C. The monoisotopic (exact) mass is 420 g/mol. The molecular formula is C19H26N5O2S2+. The number of nitrogens with one attached hydrogen (secondary N) is 2. The molecule has 0 aliphatic carbocycles. The van der Waals surface area contributed by atoms with Gasteiger partial charge in [0.15, 0.2) is 0 Å². The predicted octanol–water partition coefficient (Wildman–Crippen LogP) is 0.271. The van der Waals surface area contributed by atoms with Crippen molar-refractivity contribution in [2.45, 2.75) is 6.92 Å². The minimum atomic E-state index is -0.242. The number of aromatic nitrogens is 2. The van der Waals surface area contributed by atoms with E-state index in [1.54, 1.807) is 16.4 Å². The van der Waals surface area contributed by atoms with Crippen LogP contribution in [0.15, 0.2) is 35.1 Å². The molecule has 1 amide bonds. The Balaban J connectivity index is 1.65. The summed E-state index contributed by atoms with van der Waals surface area (Å²) in [6, 6.07) is 9.37. The zero-order valence-electron chi connectivity index (χ0n) is 16.4. The second kappa shape index (κ2) is 8.93. The van der Waals surface area contributed by atoms with Gasteiger partial charge in [-0.15, -0.1) is 0 Å². The van der Waals surface area contributed by atoms with Crippen molar-refractivity contribution in [2.75, 3.05) is 44.3 Å². The molecular weight excluding hydrogens is 394 g/mol. The van der Waals surface area contributed by atoms with E-state index in [-0.39, 0.29) is 17.2 Å². The lowest BCUT2D eigenvalue weighted by molar-refractivity contribution is -0.883. The molecule has 1 aliphatic rings. The third-order valence-electron chi connectivity index (χ3n) is 5.02. The lowest BCUT2D eigenvalue weighted by Gasteiger charge is -2.31. The van der Waals surface area contributed by atoms with Gasteiger partial charge in [-0.2, -0.15) is 0 Å². The standard InChI is InChI=1S/C19H25N5O2S2/c1-14-17(18(26)24(22(14)3)15-7-5-4-6-8-15)20-16(25)13-28-19(27)23-11-9-21(2)10-12-23/h4-8H,9-13H2,1-3H3,(H,20,25)/p+1. The number of carbonyl (C=O) groups is 1. The van der Waals surface area contributed by atoms with Crippen LogP contribution in [-0.4, -0.2) is 63.5 Å². The van der Waals surface area contributed by atoms with Crippen molar-refractivity contribution in [3.8, 4) is 5.69 Å². The largest absolute Gasteiger partial charge is 0.346 e. The number of amides is 1. The molecule has 2 N–H and O–H groups in total. The van der Waals surface area contributed by atoms with Crippen LogP contribution in [-0.2, 0) is 11.8 Å².